The van der Waals surface area contributed by atoms with Crippen LogP contribution >= 0.6 is 0 Å². The largest absolute Gasteiger partial charge is 0.364 e. The van der Waals surface area contributed by atoms with E-state index in [2.05, 4.69) is 10.1 Å². The fourth-order valence-electron chi connectivity index (χ4n) is 2.03. The van der Waals surface area contributed by atoms with Gasteiger partial charge in [-0.1, -0.05) is 0 Å². The lowest BCUT2D eigenvalue weighted by Crippen LogP contribution is -2.35. The fourth-order valence-corrected chi connectivity index (χ4v) is 2.03. The van der Waals surface area contributed by atoms with E-state index < -0.39 is 11.1 Å². The number of rotatable bonds is 3. The molecule has 0 aromatic carbocycles. The van der Waals surface area contributed by atoms with Gasteiger partial charge in [0.1, 0.15) is 11.3 Å². The van der Waals surface area contributed by atoms with E-state index in [0.29, 0.717) is 11.3 Å². The Hall–Kier alpha value is -2.44. The van der Waals surface area contributed by atoms with Gasteiger partial charge < -0.3 is 5.73 Å². The number of amides is 1. The molecule has 0 spiro atoms. The highest BCUT2D eigenvalue weighted by molar-refractivity contribution is 6.56. The number of aromatic nitrogens is 4. The minimum Gasteiger partial charge on any atom is -0.364 e. The minimum absolute atomic E-state index is 0.317. The van der Waals surface area contributed by atoms with E-state index in [-0.39, 0.29) is 0 Å². The molecule has 0 atom stereocenters. The molecular weight excluding hydrogens is 263 g/mol. The number of primary amides is 1. The molecule has 6 nitrogen and oxygen atoms in total. The van der Waals surface area contributed by atoms with Crippen LogP contribution in [0.4, 0.5) is 0 Å². The molecule has 3 heterocycles. The average molecular weight is 271 g/mol. The zero-order valence-electron chi connectivity index (χ0n) is 11.0. The van der Waals surface area contributed by atoms with Gasteiger partial charge in [-0.3, -0.25) is 13.9 Å². The van der Waals surface area contributed by atoms with Crippen molar-refractivity contribution in [2.45, 2.75) is 5.24 Å². The summed E-state index contributed by atoms with van der Waals surface area (Å²) in [7, 11) is 16.7. The van der Waals surface area contributed by atoms with E-state index >= 15 is 0 Å². The van der Waals surface area contributed by atoms with Gasteiger partial charge in [0.05, 0.1) is 35.9 Å². The predicted octanol–water partition coefficient (Wildman–Crippen LogP) is -0.630. The van der Waals surface area contributed by atoms with Crippen LogP contribution < -0.4 is 5.73 Å². The first-order chi connectivity index (χ1) is 9.86. The summed E-state index contributed by atoms with van der Waals surface area (Å²) < 4.78 is 2.86. The van der Waals surface area contributed by atoms with Crippen LogP contribution in [0.15, 0.2) is 36.9 Å². The smallest absolute Gasteiger partial charge is 0.267 e. The highest BCUT2D eigenvalue weighted by atomic mass is 16.1. The summed E-state index contributed by atoms with van der Waals surface area (Å²) in [5.41, 5.74) is 7.78. The lowest BCUT2D eigenvalue weighted by molar-refractivity contribution is 0.0995. The maximum atomic E-state index is 11.3. The first-order valence-corrected chi connectivity index (χ1v) is 6.05. The number of nitrogens with two attached hydrogens (primary N) is 1. The molecule has 1 amide bonds. The Bertz CT molecular complexity index is 833. The van der Waals surface area contributed by atoms with Gasteiger partial charge in [-0.25, -0.2) is 4.98 Å². The molecule has 0 fully saturated rings. The maximum absolute atomic E-state index is 11.3. The Morgan fingerprint density at radius 3 is 2.62 bits per heavy atom. The quantitative estimate of drug-likeness (QED) is 0.644. The van der Waals surface area contributed by atoms with Crippen LogP contribution in [0.2, 0.25) is 0 Å². The number of imidazole rings is 1. The first-order valence-electron chi connectivity index (χ1n) is 6.05. The van der Waals surface area contributed by atoms with Gasteiger partial charge in [0.2, 0.25) is 0 Å². The summed E-state index contributed by atoms with van der Waals surface area (Å²) in [6.45, 7) is 0. The van der Waals surface area contributed by atoms with Crippen molar-refractivity contribution < 1.29 is 4.79 Å². The molecule has 3 aromatic rings. The second-order valence-corrected chi connectivity index (χ2v) is 4.71. The number of pyridine rings is 1. The van der Waals surface area contributed by atoms with Crippen molar-refractivity contribution in [1.82, 2.24) is 19.2 Å². The molecule has 0 bridgehead atoms. The normalized spacial score (nSPS) is 11.8. The minimum atomic E-state index is -1.56. The monoisotopic (exact) mass is 271 g/mol. The van der Waals surface area contributed by atoms with Gasteiger partial charge >= 0.3 is 0 Å². The van der Waals surface area contributed by atoms with E-state index in [0.717, 1.165) is 11.1 Å². The average Bonchev–Trinajstić information content (AvgIpc) is 3.04. The second kappa shape index (κ2) is 4.54. The van der Waals surface area contributed by atoms with Crippen LogP contribution in [0, 0.1) is 0 Å². The van der Waals surface area contributed by atoms with Gasteiger partial charge in [-0.15, -0.1) is 0 Å². The predicted molar refractivity (Wildman–Crippen MR) is 80.2 cm³/mol. The molecular formula is C12H8B3N5O. The summed E-state index contributed by atoms with van der Waals surface area (Å²) in [6.07, 6.45) is 6.35. The van der Waals surface area contributed by atoms with Crippen molar-refractivity contribution in [1.29, 1.82) is 0 Å². The van der Waals surface area contributed by atoms with E-state index in [4.69, 9.17) is 29.3 Å². The van der Waals surface area contributed by atoms with E-state index in [1.165, 1.54) is 10.9 Å². The lowest BCUT2D eigenvalue weighted by Gasteiger charge is -2.20. The van der Waals surface area contributed by atoms with Gasteiger partial charge in [0.15, 0.2) is 0 Å². The van der Waals surface area contributed by atoms with Gasteiger partial charge in [-0.05, 0) is 22.9 Å². The zero-order valence-corrected chi connectivity index (χ0v) is 11.0. The molecule has 6 radical (unpaired) electrons. The molecule has 0 saturated heterocycles. The van der Waals surface area contributed by atoms with Crippen molar-refractivity contribution in [2.75, 3.05) is 0 Å². The molecule has 0 aliphatic carbocycles. The fraction of sp³-hybridized carbons (Fsp3) is 0.0833. The van der Waals surface area contributed by atoms with Crippen molar-refractivity contribution in [3.05, 3.63) is 42.6 Å². The summed E-state index contributed by atoms with van der Waals surface area (Å²) in [5, 5.41) is 2.46. The van der Waals surface area contributed by atoms with Crippen molar-refractivity contribution in [3.63, 3.8) is 0 Å². The Morgan fingerprint density at radius 2 is 2.00 bits per heavy atom. The van der Waals surface area contributed by atoms with Gasteiger partial charge in [0, 0.05) is 18.0 Å². The Kier molecular flexibility index (Phi) is 2.93. The molecule has 0 unspecified atom stereocenters. The van der Waals surface area contributed by atoms with Crippen LogP contribution in [0.1, 0.15) is 10.5 Å². The summed E-state index contributed by atoms with van der Waals surface area (Å²) in [4.78, 5) is 15.4. The standard InChI is InChI=1S/C12H8B3N5O/c13-12(14,15)20-6-8(4-18-20)7-1-2-19-9(11(16)21)5-17-10(19)3-7/h1-6H,(H2,16,21). The van der Waals surface area contributed by atoms with Crippen molar-refractivity contribution in [3.8, 4) is 11.1 Å². The van der Waals surface area contributed by atoms with Gasteiger partial charge in [0.25, 0.3) is 5.91 Å². The number of hydrogen-bond acceptors (Lipinski definition) is 3. The SMILES string of the molecule is [B]C([B])([B])n1cc(-c2ccn3c(C(N)=O)cnc3c2)cn1. The third-order valence-electron chi connectivity index (χ3n) is 3.08. The third kappa shape index (κ3) is 2.35. The van der Waals surface area contributed by atoms with Crippen LogP contribution in [0.3, 0.4) is 0 Å². The molecule has 96 valence electrons. The third-order valence-corrected chi connectivity index (χ3v) is 3.08. The molecule has 21 heavy (non-hydrogen) atoms. The molecule has 0 saturated carbocycles. The molecule has 2 N–H and O–H groups in total. The highest BCUT2D eigenvalue weighted by Gasteiger charge is 2.14. The first kappa shape index (κ1) is 13.5. The highest BCUT2D eigenvalue weighted by Crippen LogP contribution is 2.21. The Labute approximate surface area is 124 Å². The summed E-state index contributed by atoms with van der Waals surface area (Å²) in [6, 6.07) is 3.59. The van der Waals surface area contributed by atoms with Crippen LogP contribution in [0.25, 0.3) is 16.8 Å². The molecule has 3 rings (SSSR count). The van der Waals surface area contributed by atoms with Crippen LogP contribution in [0.5, 0.6) is 0 Å². The zero-order chi connectivity index (χ0) is 15.2. The van der Waals surface area contributed by atoms with Crippen molar-refractivity contribution >= 4 is 35.1 Å². The molecule has 0 aliphatic heterocycles. The second-order valence-electron chi connectivity index (χ2n) is 4.71. The van der Waals surface area contributed by atoms with E-state index in [9.17, 15) is 4.79 Å². The Balaban J connectivity index is 2.05. The molecule has 3 aromatic heterocycles. The summed E-state index contributed by atoms with van der Waals surface area (Å²) in [5.74, 6) is -0.540. The number of carbonyl (C=O) groups is 1. The lowest BCUT2D eigenvalue weighted by atomic mass is 9.49. The van der Waals surface area contributed by atoms with Crippen LogP contribution in [-0.2, 0) is 5.24 Å². The number of fused-ring (bicyclic) bond motifs is 1. The van der Waals surface area contributed by atoms with E-state index in [1.807, 2.05) is 0 Å². The van der Waals surface area contributed by atoms with Gasteiger partial charge in [-0.2, -0.15) is 5.10 Å². The Morgan fingerprint density at radius 1 is 1.24 bits per heavy atom. The molecule has 9 heteroatoms. The number of hydrogen-bond donors (Lipinski definition) is 1. The number of carbonyl (C=O) groups excluding carboxylic acids is 1. The topological polar surface area (TPSA) is 78.2 Å². The summed E-state index contributed by atoms with van der Waals surface area (Å²) >= 11 is 0. The van der Waals surface area contributed by atoms with Crippen LogP contribution in [-0.4, -0.2) is 48.6 Å². The molecule has 0 aliphatic rings. The van der Waals surface area contributed by atoms with E-state index in [1.54, 1.807) is 35.1 Å². The van der Waals surface area contributed by atoms with Crippen molar-refractivity contribution in [2.24, 2.45) is 5.73 Å². The maximum Gasteiger partial charge on any atom is 0.267 e. The number of nitrogens with zero attached hydrogens (tertiary/aromatic N) is 4.